The van der Waals surface area contributed by atoms with Crippen LogP contribution in [0.25, 0.3) is 0 Å². The Morgan fingerprint density at radius 1 is 1.34 bits per heavy atom. The number of likely N-dealkylation sites (N-methyl/N-ethyl adjacent to an activating group) is 1. The SMILES string of the molecule is C[C@H](O)C#Cc1cnc2c(c1)C(=O)N([C@H](C)CO)C[C@@H](C)[C@@H](CN(C)C(=O)c1ccc(F)cc1)O2. The van der Waals surface area contributed by atoms with Crippen molar-refractivity contribution in [3.63, 3.8) is 0 Å². The predicted octanol–water partition coefficient (Wildman–Crippen LogP) is 1.95. The lowest BCUT2D eigenvalue weighted by molar-refractivity contribution is 0.0313. The van der Waals surface area contributed by atoms with Crippen LogP contribution in [0.3, 0.4) is 0 Å². The van der Waals surface area contributed by atoms with Crippen LogP contribution in [0.5, 0.6) is 5.88 Å². The number of ether oxygens (including phenoxy) is 1. The fourth-order valence-electron chi connectivity index (χ4n) is 3.74. The summed E-state index contributed by atoms with van der Waals surface area (Å²) < 4.78 is 19.4. The van der Waals surface area contributed by atoms with Gasteiger partial charge in [-0.15, -0.1) is 0 Å². The number of benzene rings is 1. The fraction of sp³-hybridized carbons (Fsp3) is 0.423. The second kappa shape index (κ2) is 11.3. The molecule has 0 saturated heterocycles. The Morgan fingerprint density at radius 2 is 2.03 bits per heavy atom. The van der Waals surface area contributed by atoms with Gasteiger partial charge in [0.05, 0.1) is 19.2 Å². The minimum Gasteiger partial charge on any atom is -0.472 e. The number of hydrogen-bond donors (Lipinski definition) is 2. The summed E-state index contributed by atoms with van der Waals surface area (Å²) in [5.74, 6) is 4.23. The van der Waals surface area contributed by atoms with Crippen molar-refractivity contribution in [2.75, 3.05) is 26.7 Å². The number of carbonyl (C=O) groups is 2. The molecule has 4 atom stereocenters. The quantitative estimate of drug-likeness (QED) is 0.631. The number of aromatic nitrogens is 1. The topological polar surface area (TPSA) is 103 Å². The maximum Gasteiger partial charge on any atom is 0.259 e. The first-order chi connectivity index (χ1) is 16.6. The minimum absolute atomic E-state index is 0.104. The number of hydrogen-bond acceptors (Lipinski definition) is 6. The molecular weight excluding hydrogens is 453 g/mol. The first-order valence-corrected chi connectivity index (χ1v) is 11.4. The van der Waals surface area contributed by atoms with Crippen LogP contribution in [-0.2, 0) is 0 Å². The largest absolute Gasteiger partial charge is 0.472 e. The van der Waals surface area contributed by atoms with E-state index in [1.54, 1.807) is 24.9 Å². The average molecular weight is 484 g/mol. The third-order valence-electron chi connectivity index (χ3n) is 5.84. The van der Waals surface area contributed by atoms with Crippen molar-refractivity contribution in [1.29, 1.82) is 0 Å². The van der Waals surface area contributed by atoms with E-state index in [9.17, 15) is 24.2 Å². The van der Waals surface area contributed by atoms with Gasteiger partial charge in [0, 0.05) is 36.8 Å². The second-order valence-electron chi connectivity index (χ2n) is 8.84. The van der Waals surface area contributed by atoms with Crippen molar-refractivity contribution >= 4 is 11.8 Å². The minimum atomic E-state index is -0.839. The third-order valence-corrected chi connectivity index (χ3v) is 5.84. The number of carbonyl (C=O) groups excluding carboxylic acids is 2. The van der Waals surface area contributed by atoms with Gasteiger partial charge in [-0.25, -0.2) is 9.37 Å². The van der Waals surface area contributed by atoms with Crippen LogP contribution >= 0.6 is 0 Å². The van der Waals surface area contributed by atoms with E-state index >= 15 is 0 Å². The van der Waals surface area contributed by atoms with Crippen LogP contribution < -0.4 is 4.74 Å². The number of halogens is 1. The molecule has 0 bridgehead atoms. The van der Waals surface area contributed by atoms with E-state index in [-0.39, 0.29) is 48.9 Å². The van der Waals surface area contributed by atoms with Gasteiger partial charge >= 0.3 is 0 Å². The van der Waals surface area contributed by atoms with Crippen LogP contribution in [0, 0.1) is 23.6 Å². The predicted molar refractivity (Wildman–Crippen MR) is 127 cm³/mol. The van der Waals surface area contributed by atoms with Gasteiger partial charge in [-0.1, -0.05) is 18.8 Å². The van der Waals surface area contributed by atoms with Crippen LogP contribution in [-0.4, -0.2) is 81.8 Å². The Morgan fingerprint density at radius 3 is 2.66 bits per heavy atom. The molecule has 1 aliphatic heterocycles. The molecule has 1 aliphatic rings. The molecule has 2 N–H and O–H groups in total. The lowest BCUT2D eigenvalue weighted by atomic mass is 9.99. The molecule has 9 heteroatoms. The highest BCUT2D eigenvalue weighted by Gasteiger charge is 2.34. The van der Waals surface area contributed by atoms with Crippen molar-refractivity contribution in [1.82, 2.24) is 14.8 Å². The van der Waals surface area contributed by atoms with Gasteiger partial charge in [-0.3, -0.25) is 9.59 Å². The Bertz CT molecular complexity index is 1130. The van der Waals surface area contributed by atoms with Crippen molar-refractivity contribution < 1.29 is 28.9 Å². The van der Waals surface area contributed by atoms with Crippen molar-refractivity contribution in [2.45, 2.75) is 39.0 Å². The molecule has 186 valence electrons. The number of nitrogens with zero attached hydrogens (tertiary/aromatic N) is 3. The summed E-state index contributed by atoms with van der Waals surface area (Å²) in [5, 5.41) is 19.2. The van der Waals surface area contributed by atoms with Crippen molar-refractivity contribution in [2.24, 2.45) is 5.92 Å². The zero-order valence-electron chi connectivity index (χ0n) is 20.2. The summed E-state index contributed by atoms with van der Waals surface area (Å²) in [6.07, 6.45) is 0.0960. The number of amides is 2. The molecule has 2 heterocycles. The van der Waals surface area contributed by atoms with Crippen molar-refractivity contribution in [3.05, 3.63) is 59.0 Å². The molecule has 0 unspecified atom stereocenters. The van der Waals surface area contributed by atoms with Crippen LogP contribution in [0.4, 0.5) is 4.39 Å². The second-order valence-corrected chi connectivity index (χ2v) is 8.84. The van der Waals surface area contributed by atoms with Gasteiger partial charge in [0.15, 0.2) is 0 Å². The third kappa shape index (κ3) is 6.35. The Balaban J connectivity index is 1.94. The Hall–Kier alpha value is -3.48. The molecule has 0 aliphatic carbocycles. The zero-order chi connectivity index (χ0) is 25.7. The zero-order valence-corrected chi connectivity index (χ0v) is 20.2. The molecule has 35 heavy (non-hydrogen) atoms. The summed E-state index contributed by atoms with van der Waals surface area (Å²) in [4.78, 5) is 33.6. The number of aliphatic hydroxyl groups excluding tert-OH is 2. The van der Waals surface area contributed by atoms with E-state index in [4.69, 9.17) is 4.74 Å². The average Bonchev–Trinajstić information content (AvgIpc) is 2.84. The highest BCUT2D eigenvalue weighted by atomic mass is 19.1. The first kappa shape index (κ1) is 26.1. The lowest BCUT2D eigenvalue weighted by Crippen LogP contribution is -2.50. The highest BCUT2D eigenvalue weighted by molar-refractivity contribution is 5.97. The van der Waals surface area contributed by atoms with Crippen LogP contribution in [0.1, 0.15) is 47.1 Å². The Kier molecular flexibility index (Phi) is 8.43. The molecular formula is C26H30FN3O5. The van der Waals surface area contributed by atoms with Gasteiger partial charge < -0.3 is 24.7 Å². The van der Waals surface area contributed by atoms with E-state index in [2.05, 4.69) is 16.8 Å². The Labute approximate surface area is 204 Å². The highest BCUT2D eigenvalue weighted by Crippen LogP contribution is 2.27. The maximum atomic E-state index is 13.4. The molecule has 1 aromatic carbocycles. The van der Waals surface area contributed by atoms with E-state index in [1.165, 1.54) is 42.3 Å². The number of rotatable bonds is 5. The number of pyridine rings is 1. The molecule has 3 rings (SSSR count). The van der Waals surface area contributed by atoms with Gasteiger partial charge in [-0.05, 0) is 44.2 Å². The van der Waals surface area contributed by atoms with E-state index in [1.807, 2.05) is 6.92 Å². The molecule has 2 amide bonds. The molecule has 0 spiro atoms. The summed E-state index contributed by atoms with van der Waals surface area (Å²) in [5.41, 5.74) is 0.969. The standard InChI is InChI=1S/C26H30FN3O5/c1-16-13-30(17(2)15-31)26(34)22-11-19(6-5-18(3)32)12-28-24(22)35-23(16)14-29(4)25(33)20-7-9-21(27)10-8-20/h7-12,16-18,23,31-32H,13-15H2,1-4H3/t16-,17-,18+,23-/m1/s1. The first-order valence-electron chi connectivity index (χ1n) is 11.4. The van der Waals surface area contributed by atoms with Crippen molar-refractivity contribution in [3.8, 4) is 17.7 Å². The van der Waals surface area contributed by atoms with Gasteiger partial charge in [-0.2, -0.15) is 0 Å². The molecule has 8 nitrogen and oxygen atoms in total. The molecule has 0 saturated carbocycles. The maximum absolute atomic E-state index is 13.4. The van der Waals surface area contributed by atoms with Gasteiger partial charge in [0.25, 0.3) is 11.8 Å². The van der Waals surface area contributed by atoms with Crippen LogP contribution in [0.2, 0.25) is 0 Å². The molecule has 0 radical (unpaired) electrons. The van der Waals surface area contributed by atoms with Crippen LogP contribution in [0.15, 0.2) is 36.5 Å². The molecule has 2 aromatic rings. The van der Waals surface area contributed by atoms with Gasteiger partial charge in [0.2, 0.25) is 5.88 Å². The van der Waals surface area contributed by atoms with E-state index < -0.39 is 24.1 Å². The summed E-state index contributed by atoms with van der Waals surface area (Å²) >= 11 is 0. The molecule has 1 aromatic heterocycles. The monoisotopic (exact) mass is 483 g/mol. The fourth-order valence-corrected chi connectivity index (χ4v) is 3.74. The summed E-state index contributed by atoms with van der Waals surface area (Å²) in [6, 6.07) is 6.40. The van der Waals surface area contributed by atoms with Gasteiger partial charge in [0.1, 0.15) is 23.6 Å². The van der Waals surface area contributed by atoms with E-state index in [0.29, 0.717) is 11.1 Å². The normalized spacial score (nSPS) is 19.3. The summed E-state index contributed by atoms with van der Waals surface area (Å²) in [6.45, 7) is 5.43. The lowest BCUT2D eigenvalue weighted by Gasteiger charge is -2.37. The van der Waals surface area contributed by atoms with E-state index in [0.717, 1.165) is 0 Å². The number of aliphatic hydroxyl groups is 2. The summed E-state index contributed by atoms with van der Waals surface area (Å²) in [7, 11) is 1.63. The smallest absolute Gasteiger partial charge is 0.259 e. The molecule has 0 fully saturated rings. The number of fused-ring (bicyclic) bond motifs is 1.